The number of methoxy groups -OCH3 is 1. The molecule has 0 aliphatic carbocycles. The number of carbonyl (C=O) groups is 1. The number of nitrogens with one attached hydrogen (secondary N) is 1. The van der Waals surface area contributed by atoms with Crippen molar-refractivity contribution in [1.29, 1.82) is 0 Å². The van der Waals surface area contributed by atoms with Gasteiger partial charge < -0.3 is 15.8 Å². The predicted molar refractivity (Wildman–Crippen MR) is 81.5 cm³/mol. The maximum absolute atomic E-state index is 12.1. The highest BCUT2D eigenvalue weighted by Crippen LogP contribution is 2.19. The molecule has 0 aromatic rings. The van der Waals surface area contributed by atoms with Gasteiger partial charge in [0, 0.05) is 38.2 Å². The molecular formula is C15H31N3O2. The van der Waals surface area contributed by atoms with E-state index in [1.807, 2.05) is 20.8 Å². The fraction of sp³-hybridized carbons (Fsp3) is 0.933. The highest BCUT2D eigenvalue weighted by atomic mass is 16.5. The minimum absolute atomic E-state index is 0.0850. The van der Waals surface area contributed by atoms with E-state index in [-0.39, 0.29) is 17.5 Å². The van der Waals surface area contributed by atoms with Crippen molar-refractivity contribution < 1.29 is 9.53 Å². The fourth-order valence-corrected chi connectivity index (χ4v) is 2.85. The minimum Gasteiger partial charge on any atom is -0.384 e. The molecule has 1 fully saturated rings. The Labute approximate surface area is 123 Å². The predicted octanol–water partition coefficient (Wildman–Crippen LogP) is 0.977. The molecule has 3 N–H and O–H groups in total. The summed E-state index contributed by atoms with van der Waals surface area (Å²) < 4.78 is 5.25. The van der Waals surface area contributed by atoms with Crippen LogP contribution in [-0.4, -0.2) is 55.7 Å². The molecule has 2 unspecified atom stereocenters. The molecular weight excluding hydrogens is 254 g/mol. The molecule has 1 aliphatic rings. The first-order chi connectivity index (χ1) is 9.35. The van der Waals surface area contributed by atoms with E-state index in [0.717, 1.165) is 26.1 Å². The maximum Gasteiger partial charge on any atom is 0.222 e. The molecule has 1 saturated heterocycles. The Kier molecular flexibility index (Phi) is 6.92. The molecule has 0 saturated carbocycles. The van der Waals surface area contributed by atoms with Crippen molar-refractivity contribution in [3.8, 4) is 0 Å². The molecule has 0 bridgehead atoms. The van der Waals surface area contributed by atoms with Gasteiger partial charge in [0.25, 0.3) is 0 Å². The topological polar surface area (TPSA) is 67.6 Å². The van der Waals surface area contributed by atoms with Gasteiger partial charge in [-0.1, -0.05) is 0 Å². The second-order valence-corrected chi connectivity index (χ2v) is 6.85. The monoisotopic (exact) mass is 285 g/mol. The van der Waals surface area contributed by atoms with E-state index >= 15 is 0 Å². The first-order valence-electron chi connectivity index (χ1n) is 7.59. The first kappa shape index (κ1) is 17.4. The van der Waals surface area contributed by atoms with E-state index in [1.54, 1.807) is 7.11 Å². The normalized spacial score (nSPS) is 22.6. The summed E-state index contributed by atoms with van der Waals surface area (Å²) >= 11 is 0. The number of amides is 1. The van der Waals surface area contributed by atoms with Crippen molar-refractivity contribution in [2.75, 3.05) is 33.4 Å². The summed E-state index contributed by atoms with van der Waals surface area (Å²) in [6.07, 6.45) is 2.84. The molecule has 20 heavy (non-hydrogen) atoms. The van der Waals surface area contributed by atoms with Gasteiger partial charge in [0.1, 0.15) is 0 Å². The summed E-state index contributed by atoms with van der Waals surface area (Å²) in [4.78, 5) is 14.4. The molecule has 2 atom stereocenters. The van der Waals surface area contributed by atoms with E-state index in [0.29, 0.717) is 18.9 Å². The zero-order chi connectivity index (χ0) is 15.2. The molecule has 1 heterocycles. The number of hydrogen-bond acceptors (Lipinski definition) is 4. The number of hydrogen-bond donors (Lipinski definition) is 2. The molecule has 118 valence electrons. The second-order valence-electron chi connectivity index (χ2n) is 6.85. The molecule has 5 nitrogen and oxygen atoms in total. The zero-order valence-electron chi connectivity index (χ0n) is 13.4. The first-order valence-corrected chi connectivity index (χ1v) is 7.59. The largest absolute Gasteiger partial charge is 0.384 e. The number of piperidine rings is 1. The van der Waals surface area contributed by atoms with Crippen LogP contribution in [0.15, 0.2) is 0 Å². The highest BCUT2D eigenvalue weighted by Gasteiger charge is 2.27. The van der Waals surface area contributed by atoms with E-state index in [2.05, 4.69) is 10.2 Å². The van der Waals surface area contributed by atoms with Crippen LogP contribution < -0.4 is 11.1 Å². The van der Waals surface area contributed by atoms with Crippen molar-refractivity contribution in [1.82, 2.24) is 10.2 Å². The molecule has 1 amide bonds. The van der Waals surface area contributed by atoms with Crippen molar-refractivity contribution >= 4 is 5.91 Å². The van der Waals surface area contributed by atoms with E-state index in [1.165, 1.54) is 6.42 Å². The zero-order valence-corrected chi connectivity index (χ0v) is 13.4. The minimum atomic E-state index is -0.184. The van der Waals surface area contributed by atoms with Gasteiger partial charge in [-0.3, -0.25) is 9.69 Å². The van der Waals surface area contributed by atoms with Gasteiger partial charge >= 0.3 is 0 Å². The molecule has 1 aliphatic heterocycles. The highest BCUT2D eigenvalue weighted by molar-refractivity contribution is 5.77. The number of likely N-dealkylation sites (tertiary alicyclic amines) is 1. The number of rotatable bonds is 6. The van der Waals surface area contributed by atoms with Crippen LogP contribution in [-0.2, 0) is 9.53 Å². The lowest BCUT2D eigenvalue weighted by atomic mass is 9.96. The van der Waals surface area contributed by atoms with Crippen LogP contribution in [0.5, 0.6) is 0 Å². The summed E-state index contributed by atoms with van der Waals surface area (Å²) in [5.74, 6) is 0.648. The van der Waals surface area contributed by atoms with E-state index in [4.69, 9.17) is 10.5 Å². The standard InChI is InChI=1S/C15H31N3O2/c1-15(2,3)17-14(19)8-13(9-16)18-7-5-6-12(10-18)11-20-4/h12-13H,5-11,16H2,1-4H3,(H,17,19). The van der Waals surface area contributed by atoms with Crippen LogP contribution in [0.1, 0.15) is 40.0 Å². The van der Waals surface area contributed by atoms with Crippen LogP contribution in [0.3, 0.4) is 0 Å². The number of nitrogens with zero attached hydrogens (tertiary/aromatic N) is 1. The van der Waals surface area contributed by atoms with Crippen molar-refractivity contribution in [2.24, 2.45) is 11.7 Å². The molecule has 0 aromatic heterocycles. The molecule has 1 rings (SSSR count). The van der Waals surface area contributed by atoms with E-state index in [9.17, 15) is 4.79 Å². The Hall–Kier alpha value is -0.650. The number of ether oxygens (including phenoxy) is 1. The molecule has 0 spiro atoms. The fourth-order valence-electron chi connectivity index (χ4n) is 2.85. The Balaban J connectivity index is 2.50. The second kappa shape index (κ2) is 7.96. The lowest BCUT2D eigenvalue weighted by Crippen LogP contribution is -2.50. The van der Waals surface area contributed by atoms with Crippen LogP contribution >= 0.6 is 0 Å². The quantitative estimate of drug-likeness (QED) is 0.763. The number of carbonyl (C=O) groups excluding carboxylic acids is 1. The summed E-state index contributed by atoms with van der Waals surface area (Å²) in [7, 11) is 1.75. The van der Waals surface area contributed by atoms with Crippen LogP contribution in [0.25, 0.3) is 0 Å². The molecule has 5 heteroatoms. The Morgan fingerprint density at radius 3 is 2.75 bits per heavy atom. The smallest absolute Gasteiger partial charge is 0.222 e. The van der Waals surface area contributed by atoms with Crippen LogP contribution in [0.2, 0.25) is 0 Å². The van der Waals surface area contributed by atoms with Crippen LogP contribution in [0.4, 0.5) is 0 Å². The summed E-state index contributed by atoms with van der Waals surface area (Å²) in [6.45, 7) is 9.33. The summed E-state index contributed by atoms with van der Waals surface area (Å²) in [5.41, 5.74) is 5.70. The Morgan fingerprint density at radius 1 is 1.50 bits per heavy atom. The van der Waals surface area contributed by atoms with Crippen molar-refractivity contribution in [3.63, 3.8) is 0 Å². The lowest BCUT2D eigenvalue weighted by molar-refractivity contribution is -0.123. The van der Waals surface area contributed by atoms with Crippen molar-refractivity contribution in [3.05, 3.63) is 0 Å². The number of nitrogens with two attached hydrogens (primary N) is 1. The summed E-state index contributed by atoms with van der Waals surface area (Å²) in [5, 5.41) is 3.01. The average Bonchev–Trinajstić information content (AvgIpc) is 2.34. The van der Waals surface area contributed by atoms with Crippen molar-refractivity contribution in [2.45, 2.75) is 51.6 Å². The third-order valence-corrected chi connectivity index (χ3v) is 3.68. The SMILES string of the molecule is COCC1CCCN(C(CN)CC(=O)NC(C)(C)C)C1. The third-order valence-electron chi connectivity index (χ3n) is 3.68. The van der Waals surface area contributed by atoms with Gasteiger partial charge in [0.2, 0.25) is 5.91 Å². The Bertz CT molecular complexity index is 300. The molecule has 0 radical (unpaired) electrons. The van der Waals surface area contributed by atoms with Gasteiger partial charge in [-0.25, -0.2) is 0 Å². The Morgan fingerprint density at radius 2 is 2.20 bits per heavy atom. The van der Waals surface area contributed by atoms with Crippen LogP contribution in [0, 0.1) is 5.92 Å². The van der Waals surface area contributed by atoms with Gasteiger partial charge in [-0.05, 0) is 46.1 Å². The maximum atomic E-state index is 12.1. The lowest BCUT2D eigenvalue weighted by Gasteiger charge is -2.37. The summed E-state index contributed by atoms with van der Waals surface area (Å²) in [6, 6.07) is 0.136. The van der Waals surface area contributed by atoms with Gasteiger partial charge in [0.05, 0.1) is 6.61 Å². The van der Waals surface area contributed by atoms with E-state index < -0.39 is 0 Å². The third kappa shape index (κ3) is 6.20. The van der Waals surface area contributed by atoms with Gasteiger partial charge in [-0.2, -0.15) is 0 Å². The average molecular weight is 285 g/mol. The molecule has 0 aromatic carbocycles. The van der Waals surface area contributed by atoms with Gasteiger partial charge in [0.15, 0.2) is 0 Å². The van der Waals surface area contributed by atoms with Gasteiger partial charge in [-0.15, -0.1) is 0 Å².